The molecule has 0 bridgehead atoms. The van der Waals surface area contributed by atoms with E-state index in [1.54, 1.807) is 12.1 Å². The van der Waals surface area contributed by atoms with Crippen molar-refractivity contribution in [3.05, 3.63) is 60.2 Å². The number of hydrogen-bond donors (Lipinski definition) is 2. The summed E-state index contributed by atoms with van der Waals surface area (Å²) in [6, 6.07) is 17.0. The van der Waals surface area contributed by atoms with Gasteiger partial charge in [0, 0.05) is 6.54 Å². The van der Waals surface area contributed by atoms with Gasteiger partial charge in [-0.15, -0.1) is 0 Å². The SMILES string of the molecule is O=C(O)CNCc1ccc(Oc2nnnn2-c2ccccc2)cc1. The molecule has 0 unspecified atom stereocenters. The Morgan fingerprint density at radius 3 is 2.58 bits per heavy atom. The number of ether oxygens (including phenoxy) is 1. The molecule has 8 heteroatoms. The maximum atomic E-state index is 10.5. The Morgan fingerprint density at radius 2 is 1.88 bits per heavy atom. The third kappa shape index (κ3) is 3.93. The highest BCUT2D eigenvalue weighted by Gasteiger charge is 2.10. The Hall–Kier alpha value is -3.26. The van der Waals surface area contributed by atoms with Crippen LogP contribution in [0.4, 0.5) is 0 Å². The summed E-state index contributed by atoms with van der Waals surface area (Å²) in [5.41, 5.74) is 1.75. The highest BCUT2D eigenvalue weighted by molar-refractivity contribution is 5.68. The number of carboxylic acids is 1. The number of hydrogen-bond acceptors (Lipinski definition) is 6. The van der Waals surface area contributed by atoms with Crippen LogP contribution in [-0.4, -0.2) is 37.8 Å². The van der Waals surface area contributed by atoms with Gasteiger partial charge in [0.05, 0.1) is 12.2 Å². The van der Waals surface area contributed by atoms with E-state index in [4.69, 9.17) is 9.84 Å². The van der Waals surface area contributed by atoms with E-state index >= 15 is 0 Å². The summed E-state index contributed by atoms with van der Waals surface area (Å²) in [6.45, 7) is 0.387. The van der Waals surface area contributed by atoms with Crippen molar-refractivity contribution >= 4 is 5.97 Å². The Labute approximate surface area is 137 Å². The number of nitrogens with zero attached hydrogens (tertiary/aromatic N) is 4. The summed E-state index contributed by atoms with van der Waals surface area (Å²) >= 11 is 0. The molecule has 8 nitrogen and oxygen atoms in total. The van der Waals surface area contributed by atoms with Crippen LogP contribution in [0.3, 0.4) is 0 Å². The molecular formula is C16H15N5O3. The van der Waals surface area contributed by atoms with Crippen molar-refractivity contribution in [2.24, 2.45) is 0 Å². The average Bonchev–Trinajstić information content (AvgIpc) is 3.05. The third-order valence-corrected chi connectivity index (χ3v) is 3.18. The monoisotopic (exact) mass is 325 g/mol. The van der Waals surface area contributed by atoms with Crippen LogP contribution in [0.15, 0.2) is 54.6 Å². The lowest BCUT2D eigenvalue weighted by molar-refractivity contribution is -0.135. The average molecular weight is 325 g/mol. The second-order valence-corrected chi connectivity index (χ2v) is 4.95. The van der Waals surface area contributed by atoms with Crippen molar-refractivity contribution in [1.29, 1.82) is 0 Å². The fourth-order valence-electron chi connectivity index (χ4n) is 2.07. The normalized spacial score (nSPS) is 10.5. The first-order valence-corrected chi connectivity index (χ1v) is 7.25. The zero-order valence-corrected chi connectivity index (χ0v) is 12.7. The Kier molecular flexibility index (Phi) is 4.78. The predicted molar refractivity (Wildman–Crippen MR) is 85.0 cm³/mol. The molecule has 122 valence electrons. The first-order valence-electron chi connectivity index (χ1n) is 7.25. The Balaban J connectivity index is 1.67. The zero-order valence-electron chi connectivity index (χ0n) is 12.7. The van der Waals surface area contributed by atoms with E-state index in [1.165, 1.54) is 4.68 Å². The maximum Gasteiger partial charge on any atom is 0.345 e. The standard InChI is InChI=1S/C16H15N5O3/c22-15(23)11-17-10-12-6-8-14(9-7-12)24-16-18-19-20-21(16)13-4-2-1-3-5-13/h1-9,17H,10-11H2,(H,22,23). The second-order valence-electron chi connectivity index (χ2n) is 4.95. The van der Waals surface area contributed by atoms with Gasteiger partial charge in [0.1, 0.15) is 5.75 Å². The van der Waals surface area contributed by atoms with Gasteiger partial charge in [-0.05, 0) is 40.3 Å². The van der Waals surface area contributed by atoms with Crippen molar-refractivity contribution in [2.75, 3.05) is 6.54 Å². The van der Waals surface area contributed by atoms with Gasteiger partial charge in [-0.1, -0.05) is 35.4 Å². The summed E-state index contributed by atoms with van der Waals surface area (Å²) < 4.78 is 7.22. The van der Waals surface area contributed by atoms with E-state index in [0.717, 1.165) is 11.3 Å². The molecule has 0 spiro atoms. The minimum absolute atomic E-state index is 0.0793. The van der Waals surface area contributed by atoms with Gasteiger partial charge in [-0.2, -0.15) is 4.68 Å². The molecule has 24 heavy (non-hydrogen) atoms. The number of aliphatic carboxylic acids is 1. The summed E-state index contributed by atoms with van der Waals surface area (Å²) in [4.78, 5) is 10.5. The third-order valence-electron chi connectivity index (χ3n) is 3.18. The van der Waals surface area contributed by atoms with Gasteiger partial charge >= 0.3 is 12.0 Å². The first-order chi connectivity index (χ1) is 11.7. The summed E-state index contributed by atoms with van der Waals surface area (Å²) in [5, 5.41) is 22.9. The van der Waals surface area contributed by atoms with Gasteiger partial charge in [0.15, 0.2) is 0 Å². The fourth-order valence-corrected chi connectivity index (χ4v) is 2.07. The second kappa shape index (κ2) is 7.34. The summed E-state index contributed by atoms with van der Waals surface area (Å²) in [5.74, 6) is -0.299. The van der Waals surface area contributed by atoms with Gasteiger partial charge in [-0.3, -0.25) is 4.79 Å². The summed E-state index contributed by atoms with van der Waals surface area (Å²) in [6.07, 6.45) is 0. The molecule has 2 N–H and O–H groups in total. The molecule has 0 radical (unpaired) electrons. The van der Waals surface area contributed by atoms with E-state index in [2.05, 4.69) is 20.8 Å². The number of benzene rings is 2. The molecule has 3 aromatic rings. The van der Waals surface area contributed by atoms with Crippen molar-refractivity contribution in [3.8, 4) is 17.4 Å². The molecule has 2 aromatic carbocycles. The van der Waals surface area contributed by atoms with Crippen molar-refractivity contribution < 1.29 is 14.6 Å². The quantitative estimate of drug-likeness (QED) is 0.680. The minimum atomic E-state index is -0.886. The number of carbonyl (C=O) groups is 1. The highest BCUT2D eigenvalue weighted by Crippen LogP contribution is 2.21. The maximum absolute atomic E-state index is 10.5. The number of aromatic nitrogens is 4. The number of nitrogens with one attached hydrogen (secondary N) is 1. The van der Waals surface area contributed by atoms with Crippen LogP contribution in [0.5, 0.6) is 11.8 Å². The van der Waals surface area contributed by atoms with Crippen LogP contribution in [0.2, 0.25) is 0 Å². The number of tetrazole rings is 1. The van der Waals surface area contributed by atoms with Gasteiger partial charge in [-0.25, -0.2) is 0 Å². The Morgan fingerprint density at radius 1 is 1.12 bits per heavy atom. The number of carboxylic acid groups (broad SMARTS) is 1. The van der Waals surface area contributed by atoms with Crippen LogP contribution < -0.4 is 10.1 Å². The fraction of sp³-hybridized carbons (Fsp3) is 0.125. The summed E-state index contributed by atoms with van der Waals surface area (Å²) in [7, 11) is 0. The number of para-hydroxylation sites is 1. The highest BCUT2D eigenvalue weighted by atomic mass is 16.5. The van der Waals surface area contributed by atoms with Crippen molar-refractivity contribution in [1.82, 2.24) is 25.5 Å². The zero-order chi connectivity index (χ0) is 16.8. The topological polar surface area (TPSA) is 102 Å². The molecule has 0 aliphatic heterocycles. The molecule has 1 aromatic heterocycles. The molecule has 0 amide bonds. The van der Waals surface area contributed by atoms with Gasteiger partial charge in [0.2, 0.25) is 0 Å². The van der Waals surface area contributed by atoms with Crippen LogP contribution in [0.25, 0.3) is 5.69 Å². The molecular weight excluding hydrogens is 310 g/mol. The minimum Gasteiger partial charge on any atom is -0.480 e. The van der Waals surface area contributed by atoms with E-state index in [-0.39, 0.29) is 12.6 Å². The van der Waals surface area contributed by atoms with E-state index in [1.807, 2.05) is 42.5 Å². The molecule has 3 rings (SSSR count). The van der Waals surface area contributed by atoms with Gasteiger partial charge < -0.3 is 15.2 Å². The molecule has 0 aliphatic rings. The largest absolute Gasteiger partial charge is 0.480 e. The van der Waals surface area contributed by atoms with Crippen molar-refractivity contribution in [2.45, 2.75) is 6.54 Å². The lowest BCUT2D eigenvalue weighted by Crippen LogP contribution is -2.21. The predicted octanol–water partition coefficient (Wildman–Crippen LogP) is 1.63. The molecule has 1 heterocycles. The van der Waals surface area contributed by atoms with E-state index in [0.29, 0.717) is 12.3 Å². The Bertz CT molecular complexity index is 802. The van der Waals surface area contributed by atoms with Crippen LogP contribution in [0.1, 0.15) is 5.56 Å². The molecule has 0 fully saturated rings. The van der Waals surface area contributed by atoms with Crippen molar-refractivity contribution in [3.63, 3.8) is 0 Å². The van der Waals surface area contributed by atoms with Crippen LogP contribution in [-0.2, 0) is 11.3 Å². The molecule has 0 atom stereocenters. The molecule has 0 saturated heterocycles. The van der Waals surface area contributed by atoms with E-state index in [9.17, 15) is 4.79 Å². The molecule has 0 aliphatic carbocycles. The van der Waals surface area contributed by atoms with E-state index < -0.39 is 5.97 Å². The smallest absolute Gasteiger partial charge is 0.345 e. The molecule has 0 saturated carbocycles. The lowest BCUT2D eigenvalue weighted by Gasteiger charge is -2.07. The lowest BCUT2D eigenvalue weighted by atomic mass is 10.2. The first kappa shape index (κ1) is 15.6. The van der Waals surface area contributed by atoms with Crippen LogP contribution >= 0.6 is 0 Å². The number of rotatable bonds is 7. The van der Waals surface area contributed by atoms with Crippen LogP contribution in [0, 0.1) is 0 Å². The van der Waals surface area contributed by atoms with Gasteiger partial charge in [0.25, 0.3) is 0 Å².